The van der Waals surface area contributed by atoms with Gasteiger partial charge in [-0.2, -0.15) is 0 Å². The first-order valence-corrected chi connectivity index (χ1v) is 6.53. The lowest BCUT2D eigenvalue weighted by Gasteiger charge is -2.27. The second-order valence-electron chi connectivity index (χ2n) is 5.16. The lowest BCUT2D eigenvalue weighted by molar-refractivity contribution is -0.900. The zero-order valence-corrected chi connectivity index (χ0v) is 10.7. The number of para-hydroxylation sites is 1. The van der Waals surface area contributed by atoms with E-state index in [4.69, 9.17) is 0 Å². The van der Waals surface area contributed by atoms with E-state index >= 15 is 0 Å². The Hall–Kier alpha value is -1.42. The number of hydrogen-bond acceptors (Lipinski definition) is 1. The number of benzene rings is 1. The fraction of sp³-hybridized carbons (Fsp3) is 0.500. The van der Waals surface area contributed by atoms with Gasteiger partial charge in [0, 0.05) is 5.92 Å². The highest BCUT2D eigenvalue weighted by Gasteiger charge is 2.22. The Morgan fingerprint density at radius 3 is 3.00 bits per heavy atom. The van der Waals surface area contributed by atoms with Crippen LogP contribution < -0.4 is 10.2 Å². The van der Waals surface area contributed by atoms with Crippen LogP contribution in [0.4, 0.5) is 10.1 Å². The first-order chi connectivity index (χ1) is 8.65. The molecule has 1 aliphatic rings. The number of anilines is 1. The lowest BCUT2D eigenvalue weighted by Crippen LogP contribution is -3.14. The molecule has 1 aliphatic heterocycles. The van der Waals surface area contributed by atoms with Crippen LogP contribution in [0.15, 0.2) is 24.3 Å². The molecule has 0 spiro atoms. The highest BCUT2D eigenvalue weighted by Crippen LogP contribution is 2.11. The van der Waals surface area contributed by atoms with Crippen molar-refractivity contribution >= 4 is 11.6 Å². The Balaban J connectivity index is 1.87. The Labute approximate surface area is 107 Å². The van der Waals surface area contributed by atoms with E-state index in [1.165, 1.54) is 23.8 Å². The molecule has 4 heteroatoms. The van der Waals surface area contributed by atoms with Crippen LogP contribution in [0.1, 0.15) is 19.8 Å². The Morgan fingerprint density at radius 2 is 2.28 bits per heavy atom. The number of nitrogens with one attached hydrogen (secondary N) is 2. The van der Waals surface area contributed by atoms with Gasteiger partial charge in [0.1, 0.15) is 5.82 Å². The van der Waals surface area contributed by atoms with E-state index in [0.29, 0.717) is 12.5 Å². The maximum Gasteiger partial charge on any atom is 0.279 e. The number of hydrogen-bond donors (Lipinski definition) is 2. The summed E-state index contributed by atoms with van der Waals surface area (Å²) < 4.78 is 13.4. The molecule has 1 saturated heterocycles. The van der Waals surface area contributed by atoms with E-state index in [2.05, 4.69) is 12.2 Å². The minimum Gasteiger partial charge on any atom is -0.327 e. The van der Waals surface area contributed by atoms with E-state index < -0.39 is 0 Å². The van der Waals surface area contributed by atoms with E-state index in [1.807, 2.05) is 0 Å². The average molecular weight is 251 g/mol. The van der Waals surface area contributed by atoms with Gasteiger partial charge in [0.05, 0.1) is 18.8 Å². The van der Waals surface area contributed by atoms with Crippen molar-refractivity contribution in [1.29, 1.82) is 0 Å². The van der Waals surface area contributed by atoms with E-state index in [-0.39, 0.29) is 17.4 Å². The van der Waals surface area contributed by atoms with Gasteiger partial charge < -0.3 is 10.2 Å². The molecule has 1 amide bonds. The summed E-state index contributed by atoms with van der Waals surface area (Å²) in [4.78, 5) is 13.1. The molecule has 0 aromatic heterocycles. The maximum atomic E-state index is 13.4. The Kier molecular flexibility index (Phi) is 4.31. The topological polar surface area (TPSA) is 33.5 Å². The highest BCUT2D eigenvalue weighted by molar-refractivity contribution is 5.91. The number of carbonyl (C=O) groups excluding carboxylic acids is 1. The molecule has 0 bridgehead atoms. The Morgan fingerprint density at radius 1 is 1.50 bits per heavy atom. The summed E-state index contributed by atoms with van der Waals surface area (Å²) in [6, 6.07) is 6.27. The molecule has 0 aliphatic carbocycles. The van der Waals surface area contributed by atoms with Gasteiger partial charge in [-0.3, -0.25) is 4.79 Å². The predicted molar refractivity (Wildman–Crippen MR) is 69.0 cm³/mol. The van der Waals surface area contributed by atoms with Crippen molar-refractivity contribution in [2.45, 2.75) is 19.8 Å². The number of likely N-dealkylation sites (tertiary alicyclic amines) is 1. The molecule has 1 aromatic rings. The van der Waals surface area contributed by atoms with Gasteiger partial charge in [0.15, 0.2) is 6.54 Å². The number of amides is 1. The molecule has 1 aromatic carbocycles. The third kappa shape index (κ3) is 3.53. The fourth-order valence-electron chi connectivity index (χ4n) is 2.54. The van der Waals surface area contributed by atoms with Crippen LogP contribution in [0.25, 0.3) is 0 Å². The lowest BCUT2D eigenvalue weighted by atomic mass is 10.0. The van der Waals surface area contributed by atoms with Gasteiger partial charge in [-0.15, -0.1) is 0 Å². The van der Waals surface area contributed by atoms with Crippen LogP contribution in [0, 0.1) is 11.7 Å². The van der Waals surface area contributed by atoms with Crippen molar-refractivity contribution in [2.75, 3.05) is 25.0 Å². The summed E-state index contributed by atoms with van der Waals surface area (Å²) >= 11 is 0. The predicted octanol–water partition coefficient (Wildman–Crippen LogP) is 1.08. The summed E-state index contributed by atoms with van der Waals surface area (Å²) in [5, 5.41) is 2.64. The third-order valence-electron chi connectivity index (χ3n) is 3.42. The molecule has 98 valence electrons. The smallest absolute Gasteiger partial charge is 0.279 e. The quantitative estimate of drug-likeness (QED) is 0.828. The second-order valence-corrected chi connectivity index (χ2v) is 5.16. The molecular weight excluding hydrogens is 231 g/mol. The van der Waals surface area contributed by atoms with E-state index in [0.717, 1.165) is 13.1 Å². The SMILES string of the molecule is C[C@H]1CCC[NH+](CC(=O)Nc2ccccc2F)C1. The summed E-state index contributed by atoms with van der Waals surface area (Å²) in [7, 11) is 0. The van der Waals surface area contributed by atoms with Crippen molar-refractivity contribution in [3.05, 3.63) is 30.1 Å². The van der Waals surface area contributed by atoms with Gasteiger partial charge in [-0.05, 0) is 25.0 Å². The summed E-state index contributed by atoms with van der Waals surface area (Å²) in [6.07, 6.45) is 2.42. The number of halogens is 1. The third-order valence-corrected chi connectivity index (χ3v) is 3.42. The normalized spacial score (nSPS) is 23.7. The Bertz CT molecular complexity index is 422. The van der Waals surface area contributed by atoms with Gasteiger partial charge in [0.2, 0.25) is 0 Å². The number of piperidine rings is 1. The number of carbonyl (C=O) groups is 1. The summed E-state index contributed by atoms with van der Waals surface area (Å²) in [5.74, 6) is 0.187. The largest absolute Gasteiger partial charge is 0.327 e. The average Bonchev–Trinajstić information content (AvgIpc) is 2.32. The summed E-state index contributed by atoms with van der Waals surface area (Å²) in [5.41, 5.74) is 0.270. The van der Waals surface area contributed by atoms with E-state index in [1.54, 1.807) is 18.2 Å². The molecule has 18 heavy (non-hydrogen) atoms. The first kappa shape index (κ1) is 13.0. The fourth-order valence-corrected chi connectivity index (χ4v) is 2.54. The molecule has 3 nitrogen and oxygen atoms in total. The molecule has 2 rings (SSSR count). The minimum atomic E-state index is -0.382. The van der Waals surface area contributed by atoms with Crippen LogP contribution in [-0.4, -0.2) is 25.5 Å². The number of rotatable bonds is 3. The van der Waals surface area contributed by atoms with Gasteiger partial charge in [0.25, 0.3) is 5.91 Å². The zero-order valence-electron chi connectivity index (χ0n) is 10.7. The molecule has 2 atom stereocenters. The van der Waals surface area contributed by atoms with E-state index in [9.17, 15) is 9.18 Å². The van der Waals surface area contributed by atoms with Crippen molar-refractivity contribution in [2.24, 2.45) is 5.92 Å². The van der Waals surface area contributed by atoms with Crippen LogP contribution in [-0.2, 0) is 4.79 Å². The van der Waals surface area contributed by atoms with Crippen LogP contribution in [0.3, 0.4) is 0 Å². The maximum absolute atomic E-state index is 13.4. The first-order valence-electron chi connectivity index (χ1n) is 6.53. The van der Waals surface area contributed by atoms with Gasteiger partial charge >= 0.3 is 0 Å². The molecule has 1 heterocycles. The van der Waals surface area contributed by atoms with Gasteiger partial charge in [-0.1, -0.05) is 19.1 Å². The molecule has 2 N–H and O–H groups in total. The van der Waals surface area contributed by atoms with Crippen molar-refractivity contribution < 1.29 is 14.1 Å². The summed E-state index contributed by atoms with van der Waals surface area (Å²) in [6.45, 7) is 4.71. The monoisotopic (exact) mass is 251 g/mol. The van der Waals surface area contributed by atoms with Crippen LogP contribution in [0.2, 0.25) is 0 Å². The van der Waals surface area contributed by atoms with Crippen molar-refractivity contribution in [1.82, 2.24) is 0 Å². The van der Waals surface area contributed by atoms with Gasteiger partial charge in [-0.25, -0.2) is 4.39 Å². The highest BCUT2D eigenvalue weighted by atomic mass is 19.1. The zero-order chi connectivity index (χ0) is 13.0. The minimum absolute atomic E-state index is 0.107. The molecule has 0 radical (unpaired) electrons. The molecular formula is C14H20FN2O+. The van der Waals surface area contributed by atoms with Crippen LogP contribution >= 0.6 is 0 Å². The van der Waals surface area contributed by atoms with Crippen molar-refractivity contribution in [3.8, 4) is 0 Å². The molecule has 1 fully saturated rings. The standard InChI is InChI=1S/C14H19FN2O/c1-11-5-4-8-17(9-11)10-14(18)16-13-7-3-2-6-12(13)15/h2-3,6-7,11H,4-5,8-10H2,1H3,(H,16,18)/p+1/t11-/m0/s1. The van der Waals surface area contributed by atoms with Crippen molar-refractivity contribution in [3.63, 3.8) is 0 Å². The molecule has 0 saturated carbocycles. The second kappa shape index (κ2) is 5.96. The number of quaternary nitrogens is 1. The molecule has 1 unspecified atom stereocenters. The van der Waals surface area contributed by atoms with Crippen LogP contribution in [0.5, 0.6) is 0 Å².